The van der Waals surface area contributed by atoms with Crippen LogP contribution in [0, 0.1) is 21.4 Å². The summed E-state index contributed by atoms with van der Waals surface area (Å²) in [5.74, 6) is -0.577. The van der Waals surface area contributed by atoms with Crippen LogP contribution in [0.3, 0.4) is 0 Å². The third kappa shape index (κ3) is 6.56. The van der Waals surface area contributed by atoms with Gasteiger partial charge in [0.25, 0.3) is 11.6 Å². The molecule has 1 aromatic rings. The van der Waals surface area contributed by atoms with Crippen LogP contribution in [0.4, 0.5) is 21.0 Å². The molecule has 13 heteroatoms. The first-order valence-corrected chi connectivity index (χ1v) is 12.1. The molecule has 0 radical (unpaired) electrons. The molecule has 3 rings (SSSR count). The van der Waals surface area contributed by atoms with E-state index in [-0.39, 0.29) is 25.1 Å². The molecule has 3 amide bonds. The monoisotopic (exact) mass is 528 g/mol. The van der Waals surface area contributed by atoms with Crippen molar-refractivity contribution >= 4 is 35.7 Å². The Hall–Kier alpha value is -4.21. The zero-order chi connectivity index (χ0) is 28.4. The Balaban J connectivity index is 2.01. The SMILES string of the molecule is CC(C)(C)OC(=O)N1CC(N(C(=O)OC(C)(C)C)c2ccc([N+](=O)[O-])cc2)CC1C(=O)N1N=CCC1C#N. The van der Waals surface area contributed by atoms with E-state index in [2.05, 4.69) is 5.10 Å². The number of nitriles is 1. The average molecular weight is 529 g/mol. The van der Waals surface area contributed by atoms with Crippen LogP contribution >= 0.6 is 0 Å². The molecule has 204 valence electrons. The smallest absolute Gasteiger partial charge is 0.415 e. The van der Waals surface area contributed by atoms with E-state index >= 15 is 0 Å². The van der Waals surface area contributed by atoms with Gasteiger partial charge >= 0.3 is 12.2 Å². The number of hydrazone groups is 1. The van der Waals surface area contributed by atoms with Gasteiger partial charge in [0.05, 0.1) is 17.0 Å². The molecule has 0 saturated carbocycles. The van der Waals surface area contributed by atoms with Gasteiger partial charge in [0.15, 0.2) is 0 Å². The van der Waals surface area contributed by atoms with E-state index in [9.17, 15) is 29.8 Å². The molecular weight excluding hydrogens is 496 g/mol. The Kier molecular flexibility index (Phi) is 7.95. The van der Waals surface area contributed by atoms with Crippen molar-refractivity contribution in [3.05, 3.63) is 34.4 Å². The number of nitro benzene ring substituents is 1. The summed E-state index contributed by atoms with van der Waals surface area (Å²) in [5, 5.41) is 25.7. The number of ether oxygens (including phenoxy) is 2. The van der Waals surface area contributed by atoms with Gasteiger partial charge in [-0.3, -0.25) is 24.7 Å². The Bertz CT molecular complexity index is 1160. The molecule has 38 heavy (non-hydrogen) atoms. The number of carbonyl (C=O) groups excluding carboxylic acids is 3. The predicted molar refractivity (Wildman–Crippen MR) is 136 cm³/mol. The van der Waals surface area contributed by atoms with Gasteiger partial charge in [-0.05, 0) is 60.1 Å². The Morgan fingerprint density at radius 3 is 2.24 bits per heavy atom. The van der Waals surface area contributed by atoms with Crippen LogP contribution in [0.1, 0.15) is 54.4 Å². The quantitative estimate of drug-likeness (QED) is 0.421. The van der Waals surface area contributed by atoms with E-state index in [1.807, 2.05) is 6.07 Å². The van der Waals surface area contributed by atoms with Crippen molar-refractivity contribution < 1.29 is 28.8 Å². The lowest BCUT2D eigenvalue weighted by atomic mass is 10.1. The number of benzene rings is 1. The fourth-order valence-electron chi connectivity index (χ4n) is 4.15. The summed E-state index contributed by atoms with van der Waals surface area (Å²) in [4.78, 5) is 53.2. The van der Waals surface area contributed by atoms with Gasteiger partial charge in [-0.2, -0.15) is 10.4 Å². The molecule has 0 bridgehead atoms. The number of anilines is 1. The van der Waals surface area contributed by atoms with E-state index in [0.717, 1.165) is 5.01 Å². The number of amides is 3. The highest BCUT2D eigenvalue weighted by atomic mass is 16.6. The first-order chi connectivity index (χ1) is 17.6. The third-order valence-corrected chi connectivity index (χ3v) is 5.69. The highest BCUT2D eigenvalue weighted by Gasteiger charge is 2.48. The van der Waals surface area contributed by atoms with Crippen LogP contribution in [-0.4, -0.2) is 75.0 Å². The summed E-state index contributed by atoms with van der Waals surface area (Å²) in [6, 6.07) is 4.72. The Morgan fingerprint density at radius 2 is 1.71 bits per heavy atom. The molecule has 0 aromatic heterocycles. The van der Waals surface area contributed by atoms with Crippen molar-refractivity contribution in [2.75, 3.05) is 11.4 Å². The van der Waals surface area contributed by atoms with Crippen molar-refractivity contribution in [3.63, 3.8) is 0 Å². The second kappa shape index (κ2) is 10.6. The van der Waals surface area contributed by atoms with Crippen LogP contribution < -0.4 is 4.90 Å². The minimum Gasteiger partial charge on any atom is -0.444 e. The number of rotatable bonds is 4. The zero-order valence-corrected chi connectivity index (χ0v) is 22.3. The summed E-state index contributed by atoms with van der Waals surface area (Å²) in [5.41, 5.74) is -1.59. The van der Waals surface area contributed by atoms with Crippen LogP contribution in [-0.2, 0) is 14.3 Å². The van der Waals surface area contributed by atoms with E-state index in [1.165, 1.54) is 40.3 Å². The summed E-state index contributed by atoms with van der Waals surface area (Å²) in [6.07, 6.45) is 0.210. The second-order valence-electron chi connectivity index (χ2n) is 11.0. The largest absolute Gasteiger partial charge is 0.444 e. The first kappa shape index (κ1) is 28.4. The van der Waals surface area contributed by atoms with Crippen molar-refractivity contribution in [1.82, 2.24) is 9.91 Å². The topological polar surface area (TPSA) is 159 Å². The van der Waals surface area contributed by atoms with Crippen LogP contribution in [0.15, 0.2) is 29.4 Å². The molecule has 1 aromatic carbocycles. The number of hydrogen-bond donors (Lipinski definition) is 0. The summed E-state index contributed by atoms with van der Waals surface area (Å²) < 4.78 is 11.1. The van der Waals surface area contributed by atoms with Gasteiger partial charge in [0, 0.05) is 37.0 Å². The third-order valence-electron chi connectivity index (χ3n) is 5.69. The number of hydrogen-bond acceptors (Lipinski definition) is 9. The Labute approximate surface area is 220 Å². The van der Waals surface area contributed by atoms with Crippen molar-refractivity contribution in [2.45, 2.75) is 83.7 Å². The van der Waals surface area contributed by atoms with Crippen LogP contribution in [0.5, 0.6) is 0 Å². The minimum atomic E-state index is -1.08. The lowest BCUT2D eigenvalue weighted by molar-refractivity contribution is -0.384. The first-order valence-electron chi connectivity index (χ1n) is 12.1. The van der Waals surface area contributed by atoms with Gasteiger partial charge in [0.2, 0.25) is 0 Å². The van der Waals surface area contributed by atoms with Gasteiger partial charge in [-0.15, -0.1) is 0 Å². The lowest BCUT2D eigenvalue weighted by Crippen LogP contribution is -2.49. The van der Waals surface area contributed by atoms with Crippen molar-refractivity contribution in [1.29, 1.82) is 5.26 Å². The fourth-order valence-corrected chi connectivity index (χ4v) is 4.15. The lowest BCUT2D eigenvalue weighted by Gasteiger charge is -2.32. The highest BCUT2D eigenvalue weighted by molar-refractivity contribution is 5.92. The standard InChI is InChI=1S/C25H32N6O7/c1-24(2,3)37-22(33)28-15-19(13-20(28)21(32)30-18(14-26)11-12-27-30)29(23(34)38-25(4,5)6)16-7-9-17(10-8-16)31(35)36/h7-10,12,18-20H,11,13,15H2,1-6H3. The minimum absolute atomic E-state index is 0.00151. The van der Waals surface area contributed by atoms with Gasteiger partial charge < -0.3 is 9.47 Å². The number of non-ortho nitro benzene ring substituents is 1. The number of nitrogens with zero attached hydrogens (tertiary/aromatic N) is 6. The van der Waals surface area contributed by atoms with Crippen molar-refractivity contribution in [3.8, 4) is 6.07 Å². The second-order valence-corrected chi connectivity index (χ2v) is 11.0. The number of likely N-dealkylation sites (tertiary alicyclic amines) is 1. The molecule has 2 heterocycles. The maximum atomic E-state index is 13.5. The van der Waals surface area contributed by atoms with E-state index in [4.69, 9.17) is 9.47 Å². The van der Waals surface area contributed by atoms with Gasteiger partial charge in [-0.1, -0.05) is 0 Å². The summed E-state index contributed by atoms with van der Waals surface area (Å²) >= 11 is 0. The van der Waals surface area contributed by atoms with E-state index < -0.39 is 52.3 Å². The Morgan fingerprint density at radius 1 is 1.11 bits per heavy atom. The number of nitro groups is 1. The molecule has 2 aliphatic rings. The maximum absolute atomic E-state index is 13.5. The normalized spacial score (nSPS) is 21.1. The molecule has 0 aliphatic carbocycles. The van der Waals surface area contributed by atoms with Gasteiger partial charge in [0.1, 0.15) is 23.3 Å². The number of carbonyl (C=O) groups is 3. The highest BCUT2D eigenvalue weighted by Crippen LogP contribution is 2.32. The average Bonchev–Trinajstić information content (AvgIpc) is 3.44. The van der Waals surface area contributed by atoms with E-state index in [1.54, 1.807) is 41.5 Å². The molecule has 1 fully saturated rings. The zero-order valence-electron chi connectivity index (χ0n) is 22.3. The molecule has 3 unspecified atom stereocenters. The molecule has 0 N–H and O–H groups in total. The molecule has 13 nitrogen and oxygen atoms in total. The van der Waals surface area contributed by atoms with Crippen LogP contribution in [0.2, 0.25) is 0 Å². The molecular formula is C25H32N6O7. The van der Waals surface area contributed by atoms with Gasteiger partial charge in [-0.25, -0.2) is 14.6 Å². The van der Waals surface area contributed by atoms with Crippen LogP contribution in [0.25, 0.3) is 0 Å². The molecule has 0 spiro atoms. The predicted octanol–water partition coefficient (Wildman–Crippen LogP) is 3.82. The fraction of sp³-hybridized carbons (Fsp3) is 0.560. The van der Waals surface area contributed by atoms with E-state index in [0.29, 0.717) is 5.69 Å². The molecule has 3 atom stereocenters. The summed E-state index contributed by atoms with van der Waals surface area (Å²) in [6.45, 7) is 10.1. The maximum Gasteiger partial charge on any atom is 0.415 e. The van der Waals surface area contributed by atoms with Crippen molar-refractivity contribution in [2.24, 2.45) is 5.10 Å². The summed E-state index contributed by atoms with van der Waals surface area (Å²) in [7, 11) is 0. The molecule has 1 saturated heterocycles. The molecule has 2 aliphatic heterocycles.